The quantitative estimate of drug-likeness (QED) is 0.845. The summed E-state index contributed by atoms with van der Waals surface area (Å²) in [7, 11) is -3.79. The number of halogens is 2. The van der Waals surface area contributed by atoms with E-state index in [1.165, 1.54) is 31.2 Å². The minimum absolute atomic E-state index is 0.0705. The molecule has 0 saturated carbocycles. The van der Waals surface area contributed by atoms with Gasteiger partial charge in [-0.05, 0) is 42.5 Å². The van der Waals surface area contributed by atoms with Crippen LogP contribution in [0, 0.1) is 5.82 Å². The molecule has 0 aromatic heterocycles. The lowest BCUT2D eigenvalue weighted by Gasteiger charge is -2.10. The van der Waals surface area contributed by atoms with Crippen LogP contribution in [0.2, 0.25) is 0 Å². The van der Waals surface area contributed by atoms with Crippen molar-refractivity contribution < 1.29 is 17.6 Å². The van der Waals surface area contributed by atoms with Crippen LogP contribution < -0.4 is 10.0 Å². The maximum Gasteiger partial charge on any atom is 0.261 e. The lowest BCUT2D eigenvalue weighted by atomic mass is 10.2. The standard InChI is InChI=1S/C14H12BrFN2O3S/c1-9(19)17-14-8-11(4-7-13(14)16)18-22(20,21)12-5-2-10(15)3-6-12/h2-8,18H,1H3,(H,17,19). The van der Waals surface area contributed by atoms with Gasteiger partial charge in [-0.15, -0.1) is 0 Å². The number of carbonyl (C=O) groups excluding carboxylic acids is 1. The van der Waals surface area contributed by atoms with E-state index in [0.29, 0.717) is 0 Å². The van der Waals surface area contributed by atoms with Crippen molar-refractivity contribution in [3.8, 4) is 0 Å². The first kappa shape index (κ1) is 16.4. The number of nitrogens with one attached hydrogen (secondary N) is 2. The Kier molecular flexibility index (Phi) is 4.82. The van der Waals surface area contributed by atoms with Crippen LogP contribution in [0.25, 0.3) is 0 Å². The molecule has 0 saturated heterocycles. The predicted octanol–water partition coefficient (Wildman–Crippen LogP) is 3.35. The Hall–Kier alpha value is -1.93. The third-order valence-electron chi connectivity index (χ3n) is 2.65. The van der Waals surface area contributed by atoms with Crippen LogP contribution in [0.1, 0.15) is 6.92 Å². The van der Waals surface area contributed by atoms with Gasteiger partial charge in [0.2, 0.25) is 5.91 Å². The fraction of sp³-hybridized carbons (Fsp3) is 0.0714. The van der Waals surface area contributed by atoms with Crippen molar-refractivity contribution in [2.75, 3.05) is 10.0 Å². The van der Waals surface area contributed by atoms with Gasteiger partial charge in [-0.25, -0.2) is 12.8 Å². The summed E-state index contributed by atoms with van der Waals surface area (Å²) >= 11 is 3.22. The minimum atomic E-state index is -3.79. The molecule has 8 heteroatoms. The van der Waals surface area contributed by atoms with Gasteiger partial charge in [-0.2, -0.15) is 0 Å². The third kappa shape index (κ3) is 4.05. The van der Waals surface area contributed by atoms with Crippen LogP contribution >= 0.6 is 15.9 Å². The van der Waals surface area contributed by atoms with E-state index < -0.39 is 21.7 Å². The monoisotopic (exact) mass is 386 g/mol. The number of rotatable bonds is 4. The van der Waals surface area contributed by atoms with Crippen molar-refractivity contribution in [1.29, 1.82) is 0 Å². The summed E-state index contributed by atoms with van der Waals surface area (Å²) in [6.07, 6.45) is 0. The Bertz CT molecular complexity index is 807. The molecule has 2 aromatic carbocycles. The Morgan fingerprint density at radius 3 is 2.36 bits per heavy atom. The first-order valence-electron chi connectivity index (χ1n) is 6.13. The molecular weight excluding hydrogens is 375 g/mol. The average molecular weight is 387 g/mol. The SMILES string of the molecule is CC(=O)Nc1cc(NS(=O)(=O)c2ccc(Br)cc2)ccc1F. The summed E-state index contributed by atoms with van der Waals surface area (Å²) in [6.45, 7) is 1.23. The molecule has 116 valence electrons. The molecule has 22 heavy (non-hydrogen) atoms. The van der Waals surface area contributed by atoms with Crippen LogP contribution in [-0.4, -0.2) is 14.3 Å². The molecule has 2 rings (SSSR count). The Balaban J connectivity index is 2.29. The van der Waals surface area contributed by atoms with Gasteiger partial charge in [0, 0.05) is 11.4 Å². The molecule has 0 aliphatic carbocycles. The molecule has 1 amide bonds. The molecule has 5 nitrogen and oxygen atoms in total. The van der Waals surface area contributed by atoms with Crippen LogP contribution in [0.5, 0.6) is 0 Å². The molecule has 0 radical (unpaired) electrons. The number of hydrogen-bond donors (Lipinski definition) is 2. The molecule has 0 bridgehead atoms. The first-order valence-corrected chi connectivity index (χ1v) is 8.41. The number of benzene rings is 2. The lowest BCUT2D eigenvalue weighted by molar-refractivity contribution is -0.114. The zero-order valence-corrected chi connectivity index (χ0v) is 13.8. The van der Waals surface area contributed by atoms with Gasteiger partial charge in [0.15, 0.2) is 0 Å². The molecule has 0 fully saturated rings. The van der Waals surface area contributed by atoms with Crippen LogP contribution in [0.4, 0.5) is 15.8 Å². The topological polar surface area (TPSA) is 75.3 Å². The smallest absolute Gasteiger partial charge is 0.261 e. The highest BCUT2D eigenvalue weighted by molar-refractivity contribution is 9.10. The summed E-state index contributed by atoms with van der Waals surface area (Å²) in [4.78, 5) is 11.1. The number of amides is 1. The molecule has 0 aliphatic heterocycles. The highest BCUT2D eigenvalue weighted by atomic mass is 79.9. The largest absolute Gasteiger partial charge is 0.324 e. The van der Waals surface area contributed by atoms with E-state index in [4.69, 9.17) is 0 Å². The number of carbonyl (C=O) groups is 1. The van der Waals surface area contributed by atoms with Gasteiger partial charge in [0.05, 0.1) is 16.3 Å². The zero-order valence-electron chi connectivity index (χ0n) is 11.4. The number of anilines is 2. The molecule has 2 N–H and O–H groups in total. The molecular formula is C14H12BrFN2O3S. The van der Waals surface area contributed by atoms with E-state index in [0.717, 1.165) is 10.5 Å². The van der Waals surface area contributed by atoms with E-state index in [1.54, 1.807) is 12.1 Å². The molecule has 0 aliphatic rings. The Labute approximate surface area is 135 Å². The summed E-state index contributed by atoms with van der Waals surface area (Å²) in [6, 6.07) is 9.63. The highest BCUT2D eigenvalue weighted by Crippen LogP contribution is 2.23. The molecule has 0 atom stereocenters. The average Bonchev–Trinajstić information content (AvgIpc) is 2.42. The summed E-state index contributed by atoms with van der Waals surface area (Å²) in [5, 5.41) is 2.29. The number of sulfonamides is 1. The fourth-order valence-electron chi connectivity index (χ4n) is 1.70. The second kappa shape index (κ2) is 6.45. The predicted molar refractivity (Wildman–Crippen MR) is 85.7 cm³/mol. The Morgan fingerprint density at radius 2 is 1.77 bits per heavy atom. The molecule has 0 unspecified atom stereocenters. The Morgan fingerprint density at radius 1 is 1.14 bits per heavy atom. The van der Waals surface area contributed by atoms with E-state index in [1.807, 2.05) is 0 Å². The van der Waals surface area contributed by atoms with Crippen molar-refractivity contribution in [3.05, 3.63) is 52.8 Å². The van der Waals surface area contributed by atoms with Crippen molar-refractivity contribution in [2.24, 2.45) is 0 Å². The van der Waals surface area contributed by atoms with E-state index in [2.05, 4.69) is 26.0 Å². The minimum Gasteiger partial charge on any atom is -0.324 e. The third-order valence-corrected chi connectivity index (χ3v) is 4.58. The van der Waals surface area contributed by atoms with E-state index in [9.17, 15) is 17.6 Å². The van der Waals surface area contributed by atoms with Crippen molar-refractivity contribution in [1.82, 2.24) is 0 Å². The maximum atomic E-state index is 13.5. The maximum absolute atomic E-state index is 13.5. The first-order chi connectivity index (χ1) is 10.3. The number of hydrogen-bond acceptors (Lipinski definition) is 3. The highest BCUT2D eigenvalue weighted by Gasteiger charge is 2.15. The fourth-order valence-corrected chi connectivity index (χ4v) is 3.02. The van der Waals surface area contributed by atoms with E-state index in [-0.39, 0.29) is 16.3 Å². The van der Waals surface area contributed by atoms with Gasteiger partial charge in [-0.1, -0.05) is 15.9 Å². The summed E-state index contributed by atoms with van der Waals surface area (Å²) in [5.74, 6) is -1.10. The molecule has 2 aromatic rings. The molecule has 0 spiro atoms. The second-order valence-electron chi connectivity index (χ2n) is 4.44. The van der Waals surface area contributed by atoms with Gasteiger partial charge < -0.3 is 5.32 Å². The van der Waals surface area contributed by atoms with Gasteiger partial charge >= 0.3 is 0 Å². The van der Waals surface area contributed by atoms with Gasteiger partial charge in [-0.3, -0.25) is 9.52 Å². The van der Waals surface area contributed by atoms with Crippen molar-refractivity contribution in [3.63, 3.8) is 0 Å². The lowest BCUT2D eigenvalue weighted by Crippen LogP contribution is -2.14. The van der Waals surface area contributed by atoms with Gasteiger partial charge in [0.1, 0.15) is 5.82 Å². The normalized spacial score (nSPS) is 11.0. The summed E-state index contributed by atoms with van der Waals surface area (Å²) < 4.78 is 41.1. The van der Waals surface area contributed by atoms with Gasteiger partial charge in [0.25, 0.3) is 10.0 Å². The van der Waals surface area contributed by atoms with Crippen molar-refractivity contribution in [2.45, 2.75) is 11.8 Å². The van der Waals surface area contributed by atoms with E-state index >= 15 is 0 Å². The van der Waals surface area contributed by atoms with Crippen LogP contribution in [0.3, 0.4) is 0 Å². The van der Waals surface area contributed by atoms with Crippen LogP contribution in [-0.2, 0) is 14.8 Å². The second-order valence-corrected chi connectivity index (χ2v) is 7.03. The molecule has 0 heterocycles. The van der Waals surface area contributed by atoms with Crippen LogP contribution in [0.15, 0.2) is 51.8 Å². The zero-order chi connectivity index (χ0) is 16.3. The summed E-state index contributed by atoms with van der Waals surface area (Å²) in [5.41, 5.74) is 0.0524. The van der Waals surface area contributed by atoms with Crippen molar-refractivity contribution >= 4 is 43.2 Å².